The van der Waals surface area contributed by atoms with Crippen LogP contribution >= 0.6 is 0 Å². The Bertz CT molecular complexity index is 292. The van der Waals surface area contributed by atoms with Crippen molar-refractivity contribution < 1.29 is 19.8 Å². The van der Waals surface area contributed by atoms with Crippen molar-refractivity contribution in [2.45, 2.75) is 156 Å². The van der Waals surface area contributed by atoms with Crippen LogP contribution in [0.4, 0.5) is 0 Å². The van der Waals surface area contributed by atoms with Gasteiger partial charge in [0.05, 0.1) is 0 Å². The third-order valence-corrected chi connectivity index (χ3v) is 4.68. The summed E-state index contributed by atoms with van der Waals surface area (Å²) in [4.78, 5) is 19.5. The Morgan fingerprint density at radius 3 is 0.939 bits per heavy atom. The molecule has 0 atom stereocenters. The van der Waals surface area contributed by atoms with Crippen molar-refractivity contribution in [3.05, 3.63) is 13.8 Å². The normalized spacial score (nSPS) is 9.15. The largest absolute Gasteiger partial charge is 2.00 e. The van der Waals surface area contributed by atoms with Gasteiger partial charge in [0.25, 0.3) is 0 Å². The Labute approximate surface area is 225 Å². The third kappa shape index (κ3) is 72.0. The van der Waals surface area contributed by atoms with Gasteiger partial charge in [-0.3, -0.25) is 0 Å². The van der Waals surface area contributed by atoms with Crippen molar-refractivity contribution >= 4 is 35.8 Å². The van der Waals surface area contributed by atoms with Crippen molar-refractivity contribution in [1.82, 2.24) is 0 Å². The van der Waals surface area contributed by atoms with E-state index in [1.165, 1.54) is 64.2 Å². The van der Waals surface area contributed by atoms with Crippen LogP contribution in [0.1, 0.15) is 156 Å². The van der Waals surface area contributed by atoms with Crippen LogP contribution < -0.4 is 10.2 Å². The predicted octanol–water partition coefficient (Wildman–Crippen LogP) is 6.61. The van der Waals surface area contributed by atoms with Gasteiger partial charge in [0.15, 0.2) is 0 Å². The number of carbonyl (C=O) groups is 2. The number of rotatable bonds is 18. The van der Waals surface area contributed by atoms with Crippen molar-refractivity contribution in [2.24, 2.45) is 0 Å². The van der Waals surface area contributed by atoms with Crippen LogP contribution in [-0.2, 0) is 9.59 Å². The van der Waals surface area contributed by atoms with Crippen molar-refractivity contribution in [2.75, 3.05) is 0 Å². The summed E-state index contributed by atoms with van der Waals surface area (Å²) < 4.78 is 0. The van der Waals surface area contributed by atoms with Gasteiger partial charge in [-0.25, -0.2) is 0 Å². The van der Waals surface area contributed by atoms with E-state index >= 15 is 0 Å². The zero-order chi connectivity index (χ0) is 25.3. The molecule has 0 aromatic rings. The van der Waals surface area contributed by atoms with E-state index in [1.807, 2.05) is 13.8 Å². The molecule has 0 amide bonds. The smallest absolute Gasteiger partial charge is 0.550 e. The number of hydrogen-bond acceptors (Lipinski definition) is 4. The number of hydrogen-bond donors (Lipinski definition) is 0. The van der Waals surface area contributed by atoms with E-state index in [9.17, 15) is 19.8 Å². The molecule has 0 saturated heterocycles. The summed E-state index contributed by atoms with van der Waals surface area (Å²) >= 11 is 0. The Kier molecular flexibility index (Phi) is 58.8. The van der Waals surface area contributed by atoms with Gasteiger partial charge in [-0.2, -0.15) is 0 Å². The number of unbranched alkanes of at least 4 members (excludes halogenated alkanes) is 14. The molecule has 4 radical (unpaired) electrons. The summed E-state index contributed by atoms with van der Waals surface area (Å²) in [6.45, 7) is 16.1. The second-order valence-electron chi connectivity index (χ2n) is 8.19. The molecule has 0 aliphatic carbocycles. The quantitative estimate of drug-likeness (QED) is 0.136. The van der Waals surface area contributed by atoms with Crippen molar-refractivity contribution in [1.29, 1.82) is 0 Å². The van der Waals surface area contributed by atoms with E-state index in [0.717, 1.165) is 51.4 Å². The summed E-state index contributed by atoms with van der Waals surface area (Å²) in [6, 6.07) is 0. The van der Waals surface area contributed by atoms with Gasteiger partial charge in [-0.15, -0.1) is 0 Å². The Hall–Kier alpha value is -0.261. The Morgan fingerprint density at radius 2 is 0.727 bits per heavy atom. The van der Waals surface area contributed by atoms with Crippen molar-refractivity contribution in [3.8, 4) is 0 Å². The molecule has 0 aliphatic rings. The van der Waals surface area contributed by atoms with Gasteiger partial charge in [0, 0.05) is 11.9 Å². The maximum atomic E-state index is 9.76. The molecule has 0 fully saturated rings. The molecule has 0 aromatic carbocycles. The van der Waals surface area contributed by atoms with Crippen LogP contribution in [0.15, 0.2) is 0 Å². The minimum absolute atomic E-state index is 0. The van der Waals surface area contributed by atoms with E-state index in [4.69, 9.17) is 0 Å². The summed E-state index contributed by atoms with van der Waals surface area (Å²) in [6.07, 6.45) is 22.0. The zero-order valence-electron chi connectivity index (χ0n) is 22.7. The first-order valence-corrected chi connectivity index (χ1v) is 13.4. The Balaban J connectivity index is -0.000000105. The van der Waals surface area contributed by atoms with Gasteiger partial charge >= 0.3 is 23.9 Å². The molecular weight excluding hydrogens is 519 g/mol. The van der Waals surface area contributed by atoms with Gasteiger partial charge < -0.3 is 19.8 Å². The van der Waals surface area contributed by atoms with Gasteiger partial charge in [0.2, 0.25) is 0 Å². The SMILES string of the molecule is CCCCCC(=O)[O-].CCCCCC(=O)[O-].[CH2]CCCCCCC.[CH2]CCCCCCC.[Sn+2]. The molecule has 0 N–H and O–H groups in total. The Morgan fingerprint density at radius 1 is 0.485 bits per heavy atom. The van der Waals surface area contributed by atoms with Crippen molar-refractivity contribution in [3.63, 3.8) is 0 Å². The number of carboxylic acids is 2. The first-order chi connectivity index (χ1) is 15.4. The summed E-state index contributed by atoms with van der Waals surface area (Å²) in [5.74, 6) is -1.86. The van der Waals surface area contributed by atoms with Gasteiger partial charge in [-0.1, -0.05) is 144 Å². The standard InChI is InChI=1S/2C8H17.2C6H12O2.Sn/c2*1-3-5-7-8-6-4-2;2*1-2-3-4-5-6(7)8;/h2*1,3-8H2,2H3;2*2-5H2,1H3,(H,7,8);/q;;;;+2/p-2. The fourth-order valence-corrected chi connectivity index (χ4v) is 2.60. The van der Waals surface area contributed by atoms with Crippen LogP contribution in [0.3, 0.4) is 0 Å². The molecule has 0 rings (SSSR count). The van der Waals surface area contributed by atoms with E-state index in [1.54, 1.807) is 0 Å². The molecule has 0 heterocycles. The van der Waals surface area contributed by atoms with Crippen LogP contribution in [0.25, 0.3) is 0 Å². The summed E-state index contributed by atoms with van der Waals surface area (Å²) in [5.41, 5.74) is 0. The van der Waals surface area contributed by atoms with Crippen LogP contribution in [0, 0.1) is 13.8 Å². The number of carbonyl (C=O) groups excluding carboxylic acids is 2. The predicted molar refractivity (Wildman–Crippen MR) is 142 cm³/mol. The van der Waals surface area contributed by atoms with E-state index in [-0.39, 0.29) is 36.7 Å². The van der Waals surface area contributed by atoms with E-state index < -0.39 is 11.9 Å². The molecule has 4 nitrogen and oxygen atoms in total. The topological polar surface area (TPSA) is 80.3 Å². The minimum atomic E-state index is -0.932. The van der Waals surface area contributed by atoms with Crippen LogP contribution in [0.5, 0.6) is 0 Å². The molecular formula is C28H56O4Sn. The number of carboxylic acid groups (broad SMARTS) is 2. The molecule has 33 heavy (non-hydrogen) atoms. The first-order valence-electron chi connectivity index (χ1n) is 13.4. The monoisotopic (exact) mass is 576 g/mol. The molecule has 0 bridgehead atoms. The summed E-state index contributed by atoms with van der Waals surface area (Å²) in [5, 5.41) is 19.5. The molecule has 0 saturated carbocycles. The molecule has 0 unspecified atom stereocenters. The second kappa shape index (κ2) is 45.3. The van der Waals surface area contributed by atoms with Crippen LogP contribution in [0.2, 0.25) is 0 Å². The molecule has 0 aliphatic heterocycles. The second-order valence-corrected chi connectivity index (χ2v) is 8.19. The third-order valence-electron chi connectivity index (χ3n) is 4.68. The molecule has 0 aromatic heterocycles. The molecule has 0 spiro atoms. The zero-order valence-corrected chi connectivity index (χ0v) is 25.5. The fraction of sp³-hybridized carbons (Fsp3) is 0.857. The maximum absolute atomic E-state index is 9.76. The van der Waals surface area contributed by atoms with Gasteiger partial charge in [-0.05, 0) is 25.7 Å². The minimum Gasteiger partial charge on any atom is -0.550 e. The van der Waals surface area contributed by atoms with E-state index in [2.05, 4.69) is 27.7 Å². The maximum Gasteiger partial charge on any atom is 2.00 e. The molecule has 5 heteroatoms. The fourth-order valence-electron chi connectivity index (χ4n) is 2.60. The summed E-state index contributed by atoms with van der Waals surface area (Å²) in [7, 11) is 0. The average molecular weight is 575 g/mol. The average Bonchev–Trinajstić information content (AvgIpc) is 2.76. The first kappa shape index (κ1) is 42.9. The van der Waals surface area contributed by atoms with Gasteiger partial charge in [0.1, 0.15) is 0 Å². The molecule has 196 valence electrons. The number of aliphatic carboxylic acids is 2. The van der Waals surface area contributed by atoms with E-state index in [0.29, 0.717) is 0 Å². The van der Waals surface area contributed by atoms with Crippen LogP contribution in [-0.4, -0.2) is 35.8 Å².